The third-order valence-corrected chi connectivity index (χ3v) is 3.03. The minimum atomic E-state index is 0.0287. The van der Waals surface area contributed by atoms with Crippen LogP contribution in [0, 0.1) is 0 Å². The average Bonchev–Trinajstić information content (AvgIpc) is 2.44. The van der Waals surface area contributed by atoms with E-state index in [2.05, 4.69) is 15.3 Å². The molecule has 1 aromatic heterocycles. The van der Waals surface area contributed by atoms with E-state index in [4.69, 9.17) is 32.7 Å². The minimum absolute atomic E-state index is 0.0287. The number of anilines is 1. The van der Waals surface area contributed by atoms with Crippen LogP contribution >= 0.6 is 23.2 Å². The molecule has 0 aliphatic carbocycles. The molecular formula is C14H15Cl2N3O2. The number of hydrogen-bond acceptors (Lipinski definition) is 5. The van der Waals surface area contributed by atoms with Gasteiger partial charge in [-0.05, 0) is 19.1 Å². The summed E-state index contributed by atoms with van der Waals surface area (Å²) in [5, 5.41) is 4.12. The number of nitrogens with zero attached hydrogens (tertiary/aromatic N) is 2. The molecule has 1 atom stereocenters. The molecular weight excluding hydrogens is 313 g/mol. The van der Waals surface area contributed by atoms with Crippen molar-refractivity contribution in [1.29, 1.82) is 0 Å². The predicted octanol–water partition coefficient (Wildman–Crippen LogP) is 3.67. The fraction of sp³-hybridized carbons (Fsp3) is 0.286. The van der Waals surface area contributed by atoms with Crippen LogP contribution in [0.2, 0.25) is 10.2 Å². The van der Waals surface area contributed by atoms with Gasteiger partial charge in [-0.2, -0.15) is 0 Å². The standard InChI is InChI=1S/C14H15Cl2N3O2/c1-9(19-14-6-13(16)17-8-18-14)7-21-12-4-10(15)3-11(5-12)20-2/h3-6,8-9H,7H2,1-2H3,(H,17,18,19). The molecule has 112 valence electrons. The number of ether oxygens (including phenoxy) is 2. The highest BCUT2D eigenvalue weighted by Crippen LogP contribution is 2.25. The first-order chi connectivity index (χ1) is 10.1. The Morgan fingerprint density at radius 2 is 1.90 bits per heavy atom. The summed E-state index contributed by atoms with van der Waals surface area (Å²) in [7, 11) is 1.58. The van der Waals surface area contributed by atoms with Gasteiger partial charge < -0.3 is 14.8 Å². The van der Waals surface area contributed by atoms with Gasteiger partial charge in [0.2, 0.25) is 0 Å². The summed E-state index contributed by atoms with van der Waals surface area (Å²) in [5.41, 5.74) is 0. The Balaban J connectivity index is 1.92. The lowest BCUT2D eigenvalue weighted by Gasteiger charge is -2.16. The van der Waals surface area contributed by atoms with Crippen LogP contribution < -0.4 is 14.8 Å². The number of nitrogens with one attached hydrogen (secondary N) is 1. The third kappa shape index (κ3) is 4.95. The van der Waals surface area contributed by atoms with E-state index in [0.29, 0.717) is 34.1 Å². The second-order valence-corrected chi connectivity index (χ2v) is 5.23. The van der Waals surface area contributed by atoms with Crippen LogP contribution in [0.15, 0.2) is 30.6 Å². The van der Waals surface area contributed by atoms with Crippen molar-refractivity contribution in [2.75, 3.05) is 19.0 Å². The zero-order valence-corrected chi connectivity index (χ0v) is 13.1. The number of methoxy groups -OCH3 is 1. The normalized spacial score (nSPS) is 11.8. The molecule has 0 aliphatic heterocycles. The summed E-state index contributed by atoms with van der Waals surface area (Å²) in [5.74, 6) is 1.95. The van der Waals surface area contributed by atoms with E-state index in [1.807, 2.05) is 6.92 Å². The molecule has 1 unspecified atom stereocenters. The van der Waals surface area contributed by atoms with Crippen molar-refractivity contribution in [1.82, 2.24) is 9.97 Å². The lowest BCUT2D eigenvalue weighted by Crippen LogP contribution is -2.24. The van der Waals surface area contributed by atoms with Crippen LogP contribution in [-0.2, 0) is 0 Å². The number of hydrogen-bond donors (Lipinski definition) is 1. The Morgan fingerprint density at radius 3 is 2.62 bits per heavy atom. The molecule has 0 spiro atoms. The van der Waals surface area contributed by atoms with Crippen LogP contribution in [0.3, 0.4) is 0 Å². The van der Waals surface area contributed by atoms with Crippen molar-refractivity contribution in [3.63, 3.8) is 0 Å². The van der Waals surface area contributed by atoms with E-state index in [1.54, 1.807) is 31.4 Å². The number of benzene rings is 1. The van der Waals surface area contributed by atoms with E-state index in [9.17, 15) is 0 Å². The third-order valence-electron chi connectivity index (χ3n) is 2.61. The Kier molecular flexibility index (Phi) is 5.47. The Morgan fingerprint density at radius 1 is 1.14 bits per heavy atom. The van der Waals surface area contributed by atoms with Gasteiger partial charge in [0.25, 0.3) is 0 Å². The smallest absolute Gasteiger partial charge is 0.134 e. The van der Waals surface area contributed by atoms with E-state index in [0.717, 1.165) is 0 Å². The van der Waals surface area contributed by atoms with E-state index in [1.165, 1.54) is 6.33 Å². The van der Waals surface area contributed by atoms with Crippen molar-refractivity contribution >= 4 is 29.0 Å². The van der Waals surface area contributed by atoms with Crippen molar-refractivity contribution in [3.05, 3.63) is 40.8 Å². The fourth-order valence-corrected chi connectivity index (χ4v) is 2.03. The van der Waals surface area contributed by atoms with E-state index >= 15 is 0 Å². The molecule has 2 rings (SSSR count). The molecule has 0 amide bonds. The number of rotatable bonds is 6. The first-order valence-electron chi connectivity index (χ1n) is 6.28. The van der Waals surface area contributed by atoms with Gasteiger partial charge >= 0.3 is 0 Å². The van der Waals surface area contributed by atoms with Gasteiger partial charge in [-0.15, -0.1) is 0 Å². The summed E-state index contributed by atoms with van der Waals surface area (Å²) in [6, 6.07) is 6.92. The highest BCUT2D eigenvalue weighted by atomic mass is 35.5. The van der Waals surface area contributed by atoms with E-state index in [-0.39, 0.29) is 6.04 Å². The van der Waals surface area contributed by atoms with E-state index < -0.39 is 0 Å². The zero-order chi connectivity index (χ0) is 15.2. The zero-order valence-electron chi connectivity index (χ0n) is 11.6. The van der Waals surface area contributed by atoms with Gasteiger partial charge in [-0.3, -0.25) is 0 Å². The van der Waals surface area contributed by atoms with Gasteiger partial charge in [0.05, 0.1) is 13.2 Å². The van der Waals surface area contributed by atoms with Gasteiger partial charge in [0.1, 0.15) is 35.4 Å². The molecule has 0 saturated heterocycles. The molecule has 1 N–H and O–H groups in total. The van der Waals surface area contributed by atoms with Gasteiger partial charge in [0, 0.05) is 17.2 Å². The SMILES string of the molecule is COc1cc(Cl)cc(OCC(C)Nc2cc(Cl)ncn2)c1. The van der Waals surface area contributed by atoms with Crippen LogP contribution in [0.4, 0.5) is 5.82 Å². The molecule has 1 heterocycles. The molecule has 0 saturated carbocycles. The molecule has 5 nitrogen and oxygen atoms in total. The quantitative estimate of drug-likeness (QED) is 0.820. The molecule has 0 aliphatic rings. The predicted molar refractivity (Wildman–Crippen MR) is 83.6 cm³/mol. The first kappa shape index (κ1) is 15.7. The second kappa shape index (κ2) is 7.33. The second-order valence-electron chi connectivity index (χ2n) is 4.41. The summed E-state index contributed by atoms with van der Waals surface area (Å²) in [4.78, 5) is 7.90. The largest absolute Gasteiger partial charge is 0.497 e. The molecule has 2 aromatic rings. The topological polar surface area (TPSA) is 56.3 Å². The Labute approximate surface area is 133 Å². The number of aromatic nitrogens is 2. The maximum Gasteiger partial charge on any atom is 0.134 e. The summed E-state index contributed by atoms with van der Waals surface area (Å²) in [6.07, 6.45) is 1.40. The van der Waals surface area contributed by atoms with Crippen molar-refractivity contribution in [2.45, 2.75) is 13.0 Å². The van der Waals surface area contributed by atoms with Gasteiger partial charge in [0.15, 0.2) is 0 Å². The van der Waals surface area contributed by atoms with Crippen molar-refractivity contribution in [3.8, 4) is 11.5 Å². The van der Waals surface area contributed by atoms with Gasteiger partial charge in [-0.1, -0.05) is 23.2 Å². The fourth-order valence-electron chi connectivity index (χ4n) is 1.67. The highest BCUT2D eigenvalue weighted by Gasteiger charge is 2.06. The van der Waals surface area contributed by atoms with Crippen LogP contribution in [0.25, 0.3) is 0 Å². The summed E-state index contributed by atoms with van der Waals surface area (Å²) < 4.78 is 10.8. The molecule has 7 heteroatoms. The molecule has 0 fully saturated rings. The van der Waals surface area contributed by atoms with Crippen molar-refractivity contribution < 1.29 is 9.47 Å². The summed E-state index contributed by atoms with van der Waals surface area (Å²) >= 11 is 11.8. The molecule has 1 aromatic carbocycles. The van der Waals surface area contributed by atoms with Crippen LogP contribution in [0.1, 0.15) is 6.92 Å². The summed E-state index contributed by atoms with van der Waals surface area (Å²) in [6.45, 7) is 2.41. The maximum atomic E-state index is 5.98. The molecule has 0 bridgehead atoms. The van der Waals surface area contributed by atoms with Crippen LogP contribution in [0.5, 0.6) is 11.5 Å². The Bertz CT molecular complexity index is 611. The Hall–Kier alpha value is -1.72. The molecule has 0 radical (unpaired) electrons. The molecule has 21 heavy (non-hydrogen) atoms. The lowest BCUT2D eigenvalue weighted by atomic mass is 10.3. The van der Waals surface area contributed by atoms with Gasteiger partial charge in [-0.25, -0.2) is 9.97 Å². The first-order valence-corrected chi connectivity index (χ1v) is 7.04. The highest BCUT2D eigenvalue weighted by molar-refractivity contribution is 6.30. The maximum absolute atomic E-state index is 5.98. The average molecular weight is 328 g/mol. The van der Waals surface area contributed by atoms with Crippen molar-refractivity contribution in [2.24, 2.45) is 0 Å². The monoisotopic (exact) mass is 327 g/mol. The van der Waals surface area contributed by atoms with Crippen LogP contribution in [-0.4, -0.2) is 29.7 Å². The minimum Gasteiger partial charge on any atom is -0.497 e. The lowest BCUT2D eigenvalue weighted by molar-refractivity contribution is 0.301. The number of halogens is 2.